The average molecular weight is 998 g/mol. The highest BCUT2D eigenvalue weighted by Gasteiger charge is 2.52. The van der Waals surface area contributed by atoms with Gasteiger partial charge < -0.3 is 9.80 Å². The van der Waals surface area contributed by atoms with Crippen molar-refractivity contribution in [3.63, 3.8) is 0 Å². The van der Waals surface area contributed by atoms with E-state index in [0.29, 0.717) is 46.9 Å². The number of halogens is 2. The van der Waals surface area contributed by atoms with Crippen molar-refractivity contribution in [2.75, 3.05) is 9.80 Å². The summed E-state index contributed by atoms with van der Waals surface area (Å²) in [4.78, 5) is 4.74. The minimum absolute atomic E-state index is 0.0706. The van der Waals surface area contributed by atoms with Crippen molar-refractivity contribution in [2.45, 2.75) is 234 Å². The third kappa shape index (κ3) is 12.0. The average Bonchev–Trinajstić information content (AvgIpc) is 3.63. The number of nitrogens with zero attached hydrogens (tertiary/aromatic N) is 2. The lowest BCUT2D eigenvalue weighted by Crippen LogP contribution is -2.54. The molecule has 9 rings (SSSR count). The van der Waals surface area contributed by atoms with E-state index in [2.05, 4.69) is 90.3 Å². The van der Waals surface area contributed by atoms with Gasteiger partial charge in [0.2, 0.25) is 0 Å². The first-order chi connectivity index (χ1) is 36.8. The highest BCUT2D eigenvalue weighted by molar-refractivity contribution is 6.31. The predicted octanol–water partition coefficient (Wildman–Crippen LogP) is 21.0. The van der Waals surface area contributed by atoms with Crippen molar-refractivity contribution >= 4 is 46.0 Å². The molecule has 0 radical (unpaired) electrons. The van der Waals surface area contributed by atoms with Crippen LogP contribution in [0.4, 0.5) is 22.7 Å². The van der Waals surface area contributed by atoms with E-state index in [0.717, 1.165) is 94.0 Å². The molecule has 6 aliphatic carbocycles. The Morgan fingerprint density at radius 3 is 0.986 bits per heavy atom. The topological polar surface area (TPSA) is 6.48 Å². The molecule has 0 heterocycles. The van der Waals surface area contributed by atoms with Gasteiger partial charge in [0.05, 0.1) is 11.0 Å². The Kier molecular flexibility index (Phi) is 13.8. The molecule has 386 valence electrons. The molecular formula is C66H98Cl2N2. The number of rotatable bonds is 10. The monoisotopic (exact) mass is 997 g/mol. The van der Waals surface area contributed by atoms with Crippen molar-refractivity contribution in [1.82, 2.24) is 0 Å². The van der Waals surface area contributed by atoms with Crippen LogP contribution < -0.4 is 9.80 Å². The van der Waals surface area contributed by atoms with E-state index < -0.39 is 5.41 Å². The van der Waals surface area contributed by atoms with Gasteiger partial charge in [0.25, 0.3) is 0 Å². The Balaban J connectivity index is 1.40. The standard InChI is InChI=1S/C66H98Cl2N2/c1-64(2,3)49-36-56(69(54-34-22-32-52(67)42-54)62-58(45-24-14-10-15-25-45)38-50(65(4,5)6)39-59(62)46-26-16-11-17-27-46)44-57(37-49)70(55-35-23-33-53(68)43-55)63-60(47-28-18-12-19-29-47)40-51(66(7,8)9)41-61(63)48-30-20-13-21-31-48/h22-23,32-37,42-48,50-51,58-63H,10-21,24-31,38-41H2,1-9H3/i22D,23D,32D,33D,34D,35D,42D,43D. The molecule has 70 heavy (non-hydrogen) atoms. The Morgan fingerprint density at radius 1 is 0.414 bits per heavy atom. The maximum absolute atomic E-state index is 10.1. The van der Waals surface area contributed by atoms with Crippen LogP contribution in [0.25, 0.3) is 0 Å². The summed E-state index contributed by atoms with van der Waals surface area (Å²) < 4.78 is 77.2. The third-order valence-corrected chi connectivity index (χ3v) is 20.4. The van der Waals surface area contributed by atoms with Gasteiger partial charge in [0.1, 0.15) is 0 Å². The van der Waals surface area contributed by atoms with Gasteiger partial charge in [-0.3, -0.25) is 0 Å². The van der Waals surface area contributed by atoms with Crippen LogP contribution in [0.1, 0.15) is 233 Å². The summed E-state index contributed by atoms with van der Waals surface area (Å²) in [5.41, 5.74) is 3.07. The first kappa shape index (κ1) is 43.1. The lowest BCUT2D eigenvalue weighted by Gasteiger charge is -2.56. The van der Waals surface area contributed by atoms with Crippen LogP contribution in [0.15, 0.2) is 66.5 Å². The van der Waals surface area contributed by atoms with Crippen molar-refractivity contribution in [2.24, 2.45) is 70.0 Å². The SMILES string of the molecule is [2H]c1c([2H])c(Cl)c([2H])c(N(c2cc(N(c3c([2H])c([2H])c([2H])c(Cl)c3[2H])C3C(C4CCCCC4)CC(C(C)(C)C)CC3C3CCCCC3)cc(C(C)(C)C)c2)C2C(C3CCCCC3)CC(C(C)(C)C)CC2C2CCCCC2)c1[2H]. The maximum Gasteiger partial charge on any atom is 0.0661 e. The minimum atomic E-state index is -0.416. The fourth-order valence-electron chi connectivity index (χ4n) is 16.1. The van der Waals surface area contributed by atoms with Gasteiger partial charge in [0.15, 0.2) is 0 Å². The zero-order valence-corrected chi connectivity index (χ0v) is 46.8. The van der Waals surface area contributed by atoms with Crippen LogP contribution in [0, 0.1) is 70.0 Å². The number of hydrogen-bond acceptors (Lipinski definition) is 2. The molecule has 3 aromatic carbocycles. The second-order valence-corrected chi connectivity index (χ2v) is 28.1. The van der Waals surface area contributed by atoms with Crippen LogP contribution in [0.5, 0.6) is 0 Å². The quantitative estimate of drug-likeness (QED) is 0.200. The third-order valence-electron chi connectivity index (χ3n) is 20.0. The van der Waals surface area contributed by atoms with E-state index in [1.165, 1.54) is 77.0 Å². The highest BCUT2D eigenvalue weighted by atomic mass is 35.5. The molecular weight excluding hydrogens is 892 g/mol. The lowest BCUT2D eigenvalue weighted by atomic mass is 9.55. The maximum atomic E-state index is 10.1. The largest absolute Gasteiger partial charge is 0.338 e. The summed E-state index contributed by atoms with van der Waals surface area (Å²) in [5, 5.41) is -0.188. The van der Waals surface area contributed by atoms with E-state index >= 15 is 0 Å². The zero-order chi connectivity index (χ0) is 56.3. The normalized spacial score (nSPS) is 31.4. The summed E-state index contributed by atoms with van der Waals surface area (Å²) in [6, 6.07) is 5.10. The Morgan fingerprint density at radius 2 is 0.714 bits per heavy atom. The second kappa shape index (κ2) is 22.4. The lowest BCUT2D eigenvalue weighted by molar-refractivity contribution is 0.0144. The van der Waals surface area contributed by atoms with Crippen LogP contribution in [-0.4, -0.2) is 12.1 Å². The molecule has 0 saturated heterocycles. The van der Waals surface area contributed by atoms with Crippen molar-refractivity contribution < 1.29 is 11.0 Å². The Hall–Kier alpha value is -2.16. The summed E-state index contributed by atoms with van der Waals surface area (Å²) >= 11 is 14.3. The molecule has 4 heteroatoms. The summed E-state index contributed by atoms with van der Waals surface area (Å²) in [6.07, 6.45) is 27.7. The van der Waals surface area contributed by atoms with E-state index in [1.807, 2.05) is 0 Å². The molecule has 6 saturated carbocycles. The number of benzene rings is 3. The van der Waals surface area contributed by atoms with Gasteiger partial charge >= 0.3 is 0 Å². The van der Waals surface area contributed by atoms with Gasteiger partial charge in [-0.05, 0) is 161 Å². The molecule has 3 aromatic rings. The summed E-state index contributed by atoms with van der Waals surface area (Å²) in [7, 11) is 0. The van der Waals surface area contributed by atoms with Crippen molar-refractivity contribution in [1.29, 1.82) is 0 Å². The number of anilines is 4. The molecule has 4 unspecified atom stereocenters. The molecule has 0 N–H and O–H groups in total. The molecule has 0 aliphatic heterocycles. The summed E-state index contributed by atoms with van der Waals surface area (Å²) in [5.74, 6) is 3.62. The van der Waals surface area contributed by atoms with Gasteiger partial charge in [-0.15, -0.1) is 0 Å². The van der Waals surface area contributed by atoms with E-state index in [-0.39, 0.29) is 105 Å². The molecule has 0 aromatic heterocycles. The van der Waals surface area contributed by atoms with Crippen molar-refractivity contribution in [3.8, 4) is 0 Å². The van der Waals surface area contributed by atoms with Gasteiger partial charge in [-0.25, -0.2) is 0 Å². The first-order valence-corrected chi connectivity index (χ1v) is 29.8. The Labute approximate surface area is 450 Å². The predicted molar refractivity (Wildman–Crippen MR) is 305 cm³/mol. The highest BCUT2D eigenvalue weighted by Crippen LogP contribution is 2.58. The van der Waals surface area contributed by atoms with E-state index in [4.69, 9.17) is 25.9 Å². The van der Waals surface area contributed by atoms with Gasteiger partial charge in [0, 0.05) is 44.9 Å². The van der Waals surface area contributed by atoms with Gasteiger partial charge in [-0.2, -0.15) is 0 Å². The smallest absolute Gasteiger partial charge is 0.0661 e. The molecule has 0 amide bonds. The van der Waals surface area contributed by atoms with Crippen molar-refractivity contribution in [3.05, 3.63) is 82.1 Å². The second-order valence-electron chi connectivity index (χ2n) is 27.4. The van der Waals surface area contributed by atoms with Crippen LogP contribution in [-0.2, 0) is 5.41 Å². The Bertz CT molecular complexity index is 2300. The van der Waals surface area contributed by atoms with Gasteiger partial charge in [-0.1, -0.05) is 226 Å². The fourth-order valence-corrected chi connectivity index (χ4v) is 16.4. The van der Waals surface area contributed by atoms with Crippen LogP contribution >= 0.6 is 23.2 Å². The molecule has 2 nitrogen and oxygen atoms in total. The van der Waals surface area contributed by atoms with E-state index in [1.54, 1.807) is 0 Å². The minimum Gasteiger partial charge on any atom is -0.338 e. The molecule has 0 spiro atoms. The van der Waals surface area contributed by atoms with E-state index in [9.17, 15) is 8.22 Å². The molecule has 6 fully saturated rings. The van der Waals surface area contributed by atoms with Crippen LogP contribution in [0.3, 0.4) is 0 Å². The zero-order valence-electron chi connectivity index (χ0n) is 53.3. The fraction of sp³-hybridized carbons (Fsp3) is 0.727. The first-order valence-electron chi connectivity index (χ1n) is 33.0. The molecule has 6 aliphatic rings. The number of hydrogen-bond donors (Lipinski definition) is 0. The van der Waals surface area contributed by atoms with Crippen LogP contribution in [0.2, 0.25) is 10.0 Å². The molecule has 4 atom stereocenters. The summed E-state index contributed by atoms with van der Waals surface area (Å²) in [6.45, 7) is 21.3. The molecule has 0 bridgehead atoms.